The molecule has 1 aliphatic rings. The first-order chi connectivity index (χ1) is 23.6. The van der Waals surface area contributed by atoms with Crippen LogP contribution in [0, 0.1) is 0 Å². The van der Waals surface area contributed by atoms with Crippen molar-refractivity contribution >= 4 is 52.4 Å². The Kier molecular flexibility index (Phi) is 14.4. The third-order valence-electron chi connectivity index (χ3n) is 7.43. The number of aromatic nitrogens is 2. The molecule has 0 atom stereocenters. The number of amides is 4. The molecule has 0 fully saturated rings. The van der Waals surface area contributed by atoms with Crippen LogP contribution in [0.15, 0.2) is 67.9 Å². The van der Waals surface area contributed by atoms with Crippen LogP contribution in [0.25, 0.3) is 0 Å². The molecule has 4 rings (SSSR count). The Bertz CT molecular complexity index is 1610. The van der Waals surface area contributed by atoms with Crippen LogP contribution in [0.1, 0.15) is 25.3 Å². The molecule has 3 N–H and O–H groups in total. The summed E-state index contributed by atoms with van der Waals surface area (Å²) >= 11 is 0. The number of carbonyl (C=O) groups excluding carboxylic acids is 3. The molecular weight excluding hydrogens is 628 g/mol. The third-order valence-corrected chi connectivity index (χ3v) is 7.43. The minimum atomic E-state index is -0.356. The maximum atomic E-state index is 13.4. The minimum Gasteiger partial charge on any atom is -0.497 e. The summed E-state index contributed by atoms with van der Waals surface area (Å²) < 4.78 is 15.9. The van der Waals surface area contributed by atoms with Gasteiger partial charge in [0.25, 0.3) is 0 Å². The molecule has 262 valence electrons. The Morgan fingerprint density at radius 1 is 1.02 bits per heavy atom. The van der Waals surface area contributed by atoms with Crippen molar-refractivity contribution in [1.82, 2.24) is 15.3 Å². The van der Waals surface area contributed by atoms with Crippen molar-refractivity contribution in [2.24, 2.45) is 0 Å². The van der Waals surface area contributed by atoms with Crippen molar-refractivity contribution in [3.05, 3.63) is 73.5 Å². The highest BCUT2D eigenvalue weighted by Crippen LogP contribution is 2.35. The first-order valence-corrected chi connectivity index (χ1v) is 15.7. The first-order valence-electron chi connectivity index (χ1n) is 15.7. The van der Waals surface area contributed by atoms with E-state index in [0.29, 0.717) is 47.5 Å². The van der Waals surface area contributed by atoms with Crippen LogP contribution in [-0.4, -0.2) is 82.9 Å². The molecule has 1 aliphatic heterocycles. The number of nitrogens with one attached hydrogen (secondary N) is 3. The number of anilines is 6. The molecule has 2 aromatic carbocycles. The van der Waals surface area contributed by atoms with Gasteiger partial charge in [0, 0.05) is 69.9 Å². The number of fused-ring (bicyclic) bond motifs is 1. The normalized spacial score (nSPS) is 11.8. The van der Waals surface area contributed by atoms with E-state index in [1.807, 2.05) is 30.1 Å². The fourth-order valence-corrected chi connectivity index (χ4v) is 4.62. The van der Waals surface area contributed by atoms with Crippen LogP contribution in [-0.2, 0) is 20.9 Å². The van der Waals surface area contributed by atoms with Crippen LogP contribution in [0.2, 0.25) is 0 Å². The van der Waals surface area contributed by atoms with E-state index < -0.39 is 0 Å². The maximum Gasteiger partial charge on any atom is 0.330 e. The van der Waals surface area contributed by atoms with Gasteiger partial charge in [0.15, 0.2) is 0 Å². The number of hydrogen-bond donors (Lipinski definition) is 3. The van der Waals surface area contributed by atoms with Crippen LogP contribution >= 0.6 is 0 Å². The van der Waals surface area contributed by atoms with Gasteiger partial charge in [-0.15, -0.1) is 0 Å². The summed E-state index contributed by atoms with van der Waals surface area (Å²) in [5.41, 5.74) is 3.36. The molecule has 2 heterocycles. The molecule has 0 aliphatic carbocycles. The van der Waals surface area contributed by atoms with Gasteiger partial charge in [-0.05, 0) is 36.8 Å². The van der Waals surface area contributed by atoms with Crippen molar-refractivity contribution in [1.29, 1.82) is 0 Å². The fraction of sp³-hybridized carbons (Fsp3) is 0.343. The summed E-state index contributed by atoms with van der Waals surface area (Å²) in [4.78, 5) is 50.2. The average Bonchev–Trinajstić information content (AvgIpc) is 3.12. The van der Waals surface area contributed by atoms with Crippen molar-refractivity contribution in [3.8, 4) is 11.5 Å². The Labute approximate surface area is 287 Å². The number of nitrogens with zero attached hydrogens (tertiary/aromatic N) is 5. The van der Waals surface area contributed by atoms with E-state index in [2.05, 4.69) is 46.0 Å². The lowest BCUT2D eigenvalue weighted by Crippen LogP contribution is -2.46. The molecule has 0 saturated carbocycles. The Morgan fingerprint density at radius 2 is 1.71 bits per heavy atom. The second-order valence-corrected chi connectivity index (χ2v) is 10.9. The van der Waals surface area contributed by atoms with Gasteiger partial charge in [-0.25, -0.2) is 9.78 Å². The predicted octanol–water partition coefficient (Wildman–Crippen LogP) is 5.11. The van der Waals surface area contributed by atoms with Gasteiger partial charge >= 0.3 is 6.03 Å². The van der Waals surface area contributed by atoms with E-state index in [9.17, 15) is 14.4 Å². The fourth-order valence-electron chi connectivity index (χ4n) is 4.62. The number of unbranched alkanes of at least 4 members (excludes halogenated alkanes) is 1. The average molecular weight is 675 g/mol. The zero-order valence-electron chi connectivity index (χ0n) is 29.0. The second kappa shape index (κ2) is 18.6. The predicted molar refractivity (Wildman–Crippen MR) is 193 cm³/mol. The van der Waals surface area contributed by atoms with Gasteiger partial charge in [0.1, 0.15) is 17.3 Å². The third kappa shape index (κ3) is 10.4. The Hall–Kier alpha value is -5.63. The summed E-state index contributed by atoms with van der Waals surface area (Å²) in [6, 6.07) is 10.6. The number of ether oxygens (including phenoxy) is 3. The van der Waals surface area contributed by atoms with Gasteiger partial charge in [-0.2, -0.15) is 4.98 Å². The molecule has 4 amide bonds. The lowest BCUT2D eigenvalue weighted by molar-refractivity contribution is -0.116. The van der Waals surface area contributed by atoms with Crippen LogP contribution in [0.4, 0.5) is 39.3 Å². The van der Waals surface area contributed by atoms with Crippen LogP contribution in [0.3, 0.4) is 0 Å². The quantitative estimate of drug-likeness (QED) is 0.147. The minimum absolute atomic E-state index is 0.0801. The van der Waals surface area contributed by atoms with Gasteiger partial charge in [0.05, 0.1) is 44.4 Å². The highest BCUT2D eigenvalue weighted by Gasteiger charge is 2.31. The molecule has 49 heavy (non-hydrogen) atoms. The topological polar surface area (TPSA) is 150 Å². The van der Waals surface area contributed by atoms with Gasteiger partial charge in [0.2, 0.25) is 17.8 Å². The van der Waals surface area contributed by atoms with Crippen molar-refractivity contribution in [2.75, 3.05) is 80.5 Å². The van der Waals surface area contributed by atoms with Gasteiger partial charge in [-0.3, -0.25) is 19.4 Å². The second-order valence-electron chi connectivity index (χ2n) is 10.9. The molecule has 1 aromatic heterocycles. The summed E-state index contributed by atoms with van der Waals surface area (Å²) in [6.45, 7) is 11.2. The van der Waals surface area contributed by atoms with E-state index in [-0.39, 0.29) is 30.3 Å². The summed E-state index contributed by atoms with van der Waals surface area (Å²) in [6.07, 6.45) is 6.31. The van der Waals surface area contributed by atoms with Crippen molar-refractivity contribution in [3.63, 3.8) is 0 Å². The highest BCUT2D eigenvalue weighted by molar-refractivity contribution is 6.05. The van der Waals surface area contributed by atoms with E-state index in [1.165, 1.54) is 17.1 Å². The van der Waals surface area contributed by atoms with E-state index >= 15 is 0 Å². The van der Waals surface area contributed by atoms with E-state index in [4.69, 9.17) is 14.2 Å². The lowest BCUT2D eigenvalue weighted by Gasteiger charge is -2.34. The van der Waals surface area contributed by atoms with Crippen LogP contribution < -0.4 is 40.1 Å². The zero-order chi connectivity index (χ0) is 35.9. The first kappa shape index (κ1) is 37.8. The lowest BCUT2D eigenvalue weighted by atomic mass is 10.2. The van der Waals surface area contributed by atoms with Gasteiger partial charge < -0.3 is 35.1 Å². The number of urea groups is 1. The highest BCUT2D eigenvalue weighted by atomic mass is 16.5. The molecule has 0 saturated heterocycles. The number of benzene rings is 2. The standard InChI is InChI=1S/C28H33N7O5.C7H13NO/c1-7-25(36)30-24-14-19(33(2)10-11-38-4)8-9-23(24)31-27-29-16-18-17-35(28(37)34(3)26(18)32-27)20-12-21(39-5)15-22(13-20)40-6;1-3-5-6-8-7(9)4-2/h7-9,12-16H,1,10-11,17H2,2-6H3,(H,30,36)(H,29,31,32);4H,2-3,5-6H2,1H3,(H,8,9). The summed E-state index contributed by atoms with van der Waals surface area (Å²) in [5, 5.41) is 8.67. The molecule has 0 unspecified atom stereocenters. The smallest absolute Gasteiger partial charge is 0.330 e. The Morgan fingerprint density at radius 3 is 2.33 bits per heavy atom. The molecule has 14 heteroatoms. The van der Waals surface area contributed by atoms with Gasteiger partial charge in [-0.1, -0.05) is 26.5 Å². The molecule has 0 radical (unpaired) electrons. The Balaban J connectivity index is 0.000000635. The number of rotatable bonds is 15. The number of carbonyl (C=O) groups is 3. The summed E-state index contributed by atoms with van der Waals surface area (Å²) in [7, 11) is 8.35. The largest absolute Gasteiger partial charge is 0.497 e. The van der Waals surface area contributed by atoms with Crippen molar-refractivity contribution in [2.45, 2.75) is 26.3 Å². The van der Waals surface area contributed by atoms with E-state index in [1.54, 1.807) is 57.7 Å². The zero-order valence-corrected chi connectivity index (χ0v) is 29.0. The monoisotopic (exact) mass is 674 g/mol. The summed E-state index contributed by atoms with van der Waals surface area (Å²) in [5.74, 6) is 1.45. The van der Waals surface area contributed by atoms with Crippen molar-refractivity contribution < 1.29 is 28.6 Å². The number of likely N-dealkylation sites (N-methyl/N-ethyl adjacent to an activating group) is 1. The van der Waals surface area contributed by atoms with Crippen LogP contribution in [0.5, 0.6) is 11.5 Å². The number of methoxy groups -OCH3 is 3. The maximum absolute atomic E-state index is 13.4. The molecule has 3 aromatic rings. The molecular formula is C35H46N8O6. The molecule has 14 nitrogen and oxygen atoms in total. The number of hydrogen-bond acceptors (Lipinski definition) is 10. The molecule has 0 spiro atoms. The molecule has 0 bridgehead atoms. The van der Waals surface area contributed by atoms with E-state index in [0.717, 1.165) is 30.6 Å². The SMILES string of the molecule is C=CC(=O)NCCCC.C=CC(=O)Nc1cc(N(C)CCOC)ccc1Nc1ncc2c(n1)N(C)C(=O)N(c1cc(OC)cc(OC)c1)C2.